The molecular weight excluding hydrogens is 388 g/mol. The average Bonchev–Trinajstić information content (AvgIpc) is 3.13. The van der Waals surface area contributed by atoms with Gasteiger partial charge >= 0.3 is 0 Å². The van der Waals surface area contributed by atoms with Gasteiger partial charge in [-0.3, -0.25) is 0 Å². The molecule has 3 aromatic heterocycles. The van der Waals surface area contributed by atoms with E-state index in [0.717, 1.165) is 53.1 Å². The van der Waals surface area contributed by atoms with Crippen LogP contribution < -0.4 is 10.5 Å². The maximum absolute atomic E-state index is 6.08. The van der Waals surface area contributed by atoms with Crippen molar-refractivity contribution in [2.24, 2.45) is 0 Å². The molecule has 158 valence electrons. The third-order valence-corrected chi connectivity index (χ3v) is 5.93. The number of aromatic amines is 1. The Bertz CT molecular complexity index is 1280. The number of rotatable bonds is 4. The number of pyridine rings is 1. The lowest BCUT2D eigenvalue weighted by Crippen LogP contribution is -2.27. The van der Waals surface area contributed by atoms with E-state index >= 15 is 0 Å². The lowest BCUT2D eigenvalue weighted by Gasteiger charge is -2.27. The second-order valence-electron chi connectivity index (χ2n) is 8.34. The van der Waals surface area contributed by atoms with Crippen LogP contribution in [0.5, 0.6) is 5.88 Å². The predicted octanol–water partition coefficient (Wildman–Crippen LogP) is 3.79. The van der Waals surface area contributed by atoms with Gasteiger partial charge in [0, 0.05) is 41.5 Å². The van der Waals surface area contributed by atoms with Crippen LogP contribution in [-0.2, 0) is 19.6 Å². The van der Waals surface area contributed by atoms with E-state index in [4.69, 9.17) is 15.5 Å². The first kappa shape index (κ1) is 19.5. The lowest BCUT2D eigenvalue weighted by molar-refractivity contribution is 0.296. The quantitative estimate of drug-likeness (QED) is 0.528. The summed E-state index contributed by atoms with van der Waals surface area (Å²) in [6.07, 6.45) is 4.57. The topological polar surface area (TPSA) is 92.9 Å². The number of aryl methyl sites for hydroxylation is 2. The van der Waals surface area contributed by atoms with Gasteiger partial charge in [0.05, 0.1) is 11.9 Å². The zero-order valence-corrected chi connectivity index (χ0v) is 18.1. The maximum atomic E-state index is 6.08. The first-order valence-corrected chi connectivity index (χ1v) is 10.5. The molecule has 1 aliphatic heterocycles. The molecular formula is C24H26N6O. The Balaban J connectivity index is 1.44. The van der Waals surface area contributed by atoms with E-state index in [1.807, 2.05) is 13.0 Å². The fourth-order valence-electron chi connectivity index (χ4n) is 4.32. The van der Waals surface area contributed by atoms with E-state index in [1.165, 1.54) is 16.7 Å². The molecule has 4 heterocycles. The molecule has 3 N–H and O–H groups in total. The molecule has 7 heteroatoms. The number of anilines is 1. The fourth-order valence-corrected chi connectivity index (χ4v) is 4.32. The van der Waals surface area contributed by atoms with Gasteiger partial charge in [-0.15, -0.1) is 0 Å². The normalized spacial score (nSPS) is 14.0. The number of nitrogens with one attached hydrogen (secondary N) is 1. The van der Waals surface area contributed by atoms with Crippen LogP contribution in [0.25, 0.3) is 22.3 Å². The summed E-state index contributed by atoms with van der Waals surface area (Å²) >= 11 is 0. The van der Waals surface area contributed by atoms with Gasteiger partial charge in [0.15, 0.2) is 5.82 Å². The number of nitrogen functional groups attached to an aromatic ring is 1. The van der Waals surface area contributed by atoms with E-state index in [0.29, 0.717) is 12.5 Å². The van der Waals surface area contributed by atoms with Crippen molar-refractivity contribution < 1.29 is 4.74 Å². The summed E-state index contributed by atoms with van der Waals surface area (Å²) in [5.74, 6) is 0.635. The number of nitrogens with two attached hydrogens (primary N) is 1. The van der Waals surface area contributed by atoms with E-state index < -0.39 is 0 Å². The zero-order valence-electron chi connectivity index (χ0n) is 18.1. The zero-order chi connectivity index (χ0) is 21.5. The van der Waals surface area contributed by atoms with Crippen LogP contribution in [0, 0.1) is 13.8 Å². The number of likely N-dealkylation sites (N-methyl/N-ethyl adjacent to an activating group) is 1. The number of hydrogen-bond acceptors (Lipinski definition) is 6. The molecule has 0 aliphatic carbocycles. The van der Waals surface area contributed by atoms with Crippen LogP contribution in [0.2, 0.25) is 0 Å². The number of ether oxygens (including phenoxy) is 1. The van der Waals surface area contributed by atoms with E-state index in [9.17, 15) is 0 Å². The van der Waals surface area contributed by atoms with Crippen molar-refractivity contribution in [2.75, 3.05) is 19.3 Å². The number of nitrogens with zero attached hydrogens (tertiary/aromatic N) is 4. The highest BCUT2D eigenvalue weighted by molar-refractivity contribution is 5.80. The summed E-state index contributed by atoms with van der Waals surface area (Å²) in [7, 11) is 2.15. The Morgan fingerprint density at radius 1 is 1.19 bits per heavy atom. The maximum Gasteiger partial charge on any atom is 0.258 e. The highest BCUT2D eigenvalue weighted by atomic mass is 16.5. The van der Waals surface area contributed by atoms with Crippen molar-refractivity contribution >= 4 is 16.9 Å². The van der Waals surface area contributed by atoms with Crippen molar-refractivity contribution in [1.29, 1.82) is 0 Å². The largest absolute Gasteiger partial charge is 0.470 e. The summed E-state index contributed by atoms with van der Waals surface area (Å²) < 4.78 is 6.01. The van der Waals surface area contributed by atoms with Crippen LogP contribution >= 0.6 is 0 Å². The highest BCUT2D eigenvalue weighted by Gasteiger charge is 2.18. The van der Waals surface area contributed by atoms with Gasteiger partial charge in [0.2, 0.25) is 0 Å². The molecule has 1 aliphatic rings. The van der Waals surface area contributed by atoms with E-state index in [-0.39, 0.29) is 5.82 Å². The van der Waals surface area contributed by atoms with Crippen LogP contribution in [0.4, 0.5) is 5.82 Å². The number of benzene rings is 1. The summed E-state index contributed by atoms with van der Waals surface area (Å²) in [4.78, 5) is 19.0. The van der Waals surface area contributed by atoms with Gasteiger partial charge in [0.25, 0.3) is 5.88 Å². The van der Waals surface area contributed by atoms with Crippen LogP contribution in [-0.4, -0.2) is 38.4 Å². The molecule has 0 atom stereocenters. The lowest BCUT2D eigenvalue weighted by atomic mass is 9.92. The van der Waals surface area contributed by atoms with Gasteiger partial charge in [-0.25, -0.2) is 15.0 Å². The molecule has 0 spiro atoms. The molecule has 1 aromatic carbocycles. The van der Waals surface area contributed by atoms with Crippen molar-refractivity contribution in [3.05, 3.63) is 64.6 Å². The molecule has 0 fully saturated rings. The summed E-state index contributed by atoms with van der Waals surface area (Å²) in [5.41, 5.74) is 14.9. The van der Waals surface area contributed by atoms with E-state index in [1.54, 1.807) is 12.4 Å². The Morgan fingerprint density at radius 3 is 2.94 bits per heavy atom. The van der Waals surface area contributed by atoms with Crippen LogP contribution in [0.1, 0.15) is 27.9 Å². The van der Waals surface area contributed by atoms with Crippen molar-refractivity contribution in [2.45, 2.75) is 33.4 Å². The number of hydrogen-bond donors (Lipinski definition) is 2. The minimum Gasteiger partial charge on any atom is -0.470 e. The summed E-state index contributed by atoms with van der Waals surface area (Å²) in [6, 6.07) is 8.42. The molecule has 0 radical (unpaired) electrons. The van der Waals surface area contributed by atoms with Crippen molar-refractivity contribution in [1.82, 2.24) is 24.8 Å². The minimum atomic E-state index is 0.286. The molecule has 4 aromatic rings. The molecule has 0 amide bonds. The molecule has 0 saturated heterocycles. The Labute approximate surface area is 181 Å². The third kappa shape index (κ3) is 3.72. The second kappa shape index (κ2) is 7.67. The third-order valence-electron chi connectivity index (χ3n) is 5.93. The molecule has 5 rings (SSSR count). The van der Waals surface area contributed by atoms with Crippen LogP contribution in [0.15, 0.2) is 36.7 Å². The Hall–Kier alpha value is -3.45. The first-order chi connectivity index (χ1) is 15.0. The second-order valence-corrected chi connectivity index (χ2v) is 8.34. The summed E-state index contributed by atoms with van der Waals surface area (Å²) in [6.45, 7) is 6.56. The van der Waals surface area contributed by atoms with Crippen LogP contribution in [0.3, 0.4) is 0 Å². The van der Waals surface area contributed by atoms with E-state index in [2.05, 4.69) is 52.0 Å². The van der Waals surface area contributed by atoms with Gasteiger partial charge in [-0.2, -0.15) is 0 Å². The molecule has 7 nitrogen and oxygen atoms in total. The average molecular weight is 415 g/mol. The number of aromatic nitrogens is 4. The molecule has 0 bridgehead atoms. The molecule has 0 saturated carbocycles. The van der Waals surface area contributed by atoms with Gasteiger partial charge < -0.3 is 20.4 Å². The molecule has 31 heavy (non-hydrogen) atoms. The standard InChI is InChI=1S/C24H26N6O/c1-14-8-17(10-18-12-30(3)7-5-19(14)18)21-11-27-22(25)24(29-21)31-13-16-4-6-26-23-20(16)9-15(2)28-23/h4,6,8-11H,5,7,12-13H2,1-3H3,(H2,25,27)(H,26,28). The van der Waals surface area contributed by atoms with Crippen molar-refractivity contribution in [3.63, 3.8) is 0 Å². The highest BCUT2D eigenvalue weighted by Crippen LogP contribution is 2.30. The van der Waals surface area contributed by atoms with Crippen molar-refractivity contribution in [3.8, 4) is 17.1 Å². The number of H-pyrrole nitrogens is 1. The minimum absolute atomic E-state index is 0.286. The Morgan fingerprint density at radius 2 is 2.06 bits per heavy atom. The fraction of sp³-hybridized carbons (Fsp3) is 0.292. The number of fused-ring (bicyclic) bond motifs is 2. The predicted molar refractivity (Wildman–Crippen MR) is 122 cm³/mol. The Kier molecular flexibility index (Phi) is 4.82. The SMILES string of the molecule is Cc1cc2c(COc3nc(-c4cc(C)c5c(c4)CN(C)CC5)cnc3N)ccnc2[nH]1. The summed E-state index contributed by atoms with van der Waals surface area (Å²) in [5, 5.41) is 1.04. The smallest absolute Gasteiger partial charge is 0.258 e. The molecule has 0 unspecified atom stereocenters. The van der Waals surface area contributed by atoms with Gasteiger partial charge in [-0.1, -0.05) is 0 Å². The monoisotopic (exact) mass is 414 g/mol. The first-order valence-electron chi connectivity index (χ1n) is 10.5. The van der Waals surface area contributed by atoms with Gasteiger partial charge in [0.1, 0.15) is 12.3 Å². The van der Waals surface area contributed by atoms with Gasteiger partial charge in [-0.05, 0) is 68.3 Å².